The quantitative estimate of drug-likeness (QED) is 0.528. The Hall–Kier alpha value is -2.58. The van der Waals surface area contributed by atoms with E-state index in [1.165, 1.54) is 11.0 Å². The number of sulfonamides is 1. The Morgan fingerprint density at radius 3 is 2.26 bits per heavy atom. The number of benzene rings is 2. The summed E-state index contributed by atoms with van der Waals surface area (Å²) >= 11 is 6.12. The Morgan fingerprint density at radius 1 is 1.03 bits per heavy atom. The number of carbonyl (C=O) groups excluding carboxylic acids is 2. The maximum atomic E-state index is 13.6. The molecule has 1 unspecified atom stereocenters. The van der Waals surface area contributed by atoms with E-state index in [1.807, 2.05) is 45.0 Å². The molecule has 0 aliphatic carbocycles. The molecule has 2 rings (SSSR count). The van der Waals surface area contributed by atoms with Crippen LogP contribution in [0.15, 0.2) is 42.5 Å². The zero-order valence-corrected chi connectivity index (χ0v) is 22.2. The highest BCUT2D eigenvalue weighted by Crippen LogP contribution is 2.27. The topological polar surface area (TPSA) is 86.8 Å². The van der Waals surface area contributed by atoms with Crippen molar-refractivity contribution in [1.82, 2.24) is 10.2 Å². The number of aryl methyl sites for hydroxylation is 2. The van der Waals surface area contributed by atoms with Gasteiger partial charge >= 0.3 is 0 Å². The van der Waals surface area contributed by atoms with Crippen molar-refractivity contribution in [3.8, 4) is 0 Å². The maximum Gasteiger partial charge on any atom is 0.244 e. The molecule has 1 N–H and O–H groups in total. The van der Waals surface area contributed by atoms with Crippen LogP contribution in [-0.2, 0) is 26.2 Å². The van der Waals surface area contributed by atoms with E-state index in [-0.39, 0.29) is 18.4 Å². The number of amides is 2. The molecule has 2 aromatic rings. The lowest BCUT2D eigenvalue weighted by Gasteiger charge is -2.32. The van der Waals surface area contributed by atoms with Gasteiger partial charge in [0, 0.05) is 18.1 Å². The minimum Gasteiger partial charge on any atom is -0.354 e. The number of hydrogen-bond donors (Lipinski definition) is 1. The molecule has 0 radical (unpaired) electrons. The third-order valence-corrected chi connectivity index (χ3v) is 6.93. The molecular weight excluding hydrogens is 474 g/mol. The first-order chi connectivity index (χ1) is 15.8. The van der Waals surface area contributed by atoms with Crippen LogP contribution in [0, 0.1) is 19.8 Å². The number of rotatable bonds is 10. The highest BCUT2D eigenvalue weighted by Gasteiger charge is 2.30. The number of halogens is 1. The van der Waals surface area contributed by atoms with Crippen molar-refractivity contribution in [3.05, 3.63) is 64.2 Å². The molecule has 0 aliphatic rings. The van der Waals surface area contributed by atoms with Crippen molar-refractivity contribution in [1.29, 1.82) is 0 Å². The van der Waals surface area contributed by atoms with Gasteiger partial charge in [-0.3, -0.25) is 13.9 Å². The largest absolute Gasteiger partial charge is 0.354 e. The molecule has 9 heteroatoms. The van der Waals surface area contributed by atoms with Gasteiger partial charge in [0.2, 0.25) is 21.8 Å². The molecule has 0 fully saturated rings. The van der Waals surface area contributed by atoms with E-state index < -0.39 is 28.5 Å². The average molecular weight is 508 g/mol. The fourth-order valence-electron chi connectivity index (χ4n) is 3.45. The van der Waals surface area contributed by atoms with Crippen molar-refractivity contribution >= 4 is 39.1 Å². The Balaban J connectivity index is 2.43. The molecule has 0 bridgehead atoms. The summed E-state index contributed by atoms with van der Waals surface area (Å²) in [5.41, 5.74) is 2.84. The molecule has 1 atom stereocenters. The summed E-state index contributed by atoms with van der Waals surface area (Å²) in [5, 5.41) is 3.23. The number of nitrogens with one attached hydrogen (secondary N) is 1. The molecule has 186 valence electrons. The van der Waals surface area contributed by atoms with E-state index in [1.54, 1.807) is 26.0 Å². The molecule has 0 aliphatic heterocycles. The summed E-state index contributed by atoms with van der Waals surface area (Å²) in [4.78, 5) is 27.9. The van der Waals surface area contributed by atoms with E-state index >= 15 is 0 Å². The van der Waals surface area contributed by atoms with Gasteiger partial charge in [0.25, 0.3) is 0 Å². The standard InChI is InChI=1S/C25H34ClN3O4S/c1-17(2)14-27-25(31)20(5)28(15-21-10-8-7-9-18(21)3)24(30)16-29(34(6,32)33)23-13-22(26)12-11-19(23)4/h7-13,17,20H,14-16H2,1-6H3,(H,27,31). The molecule has 0 saturated heterocycles. The fraction of sp³-hybridized carbons (Fsp3) is 0.440. The molecule has 7 nitrogen and oxygen atoms in total. The molecule has 0 saturated carbocycles. The normalized spacial score (nSPS) is 12.4. The Kier molecular flexibility index (Phi) is 9.53. The van der Waals surface area contributed by atoms with Gasteiger partial charge in [0.05, 0.1) is 11.9 Å². The first-order valence-electron chi connectivity index (χ1n) is 11.2. The van der Waals surface area contributed by atoms with Crippen molar-refractivity contribution in [2.75, 3.05) is 23.7 Å². The fourth-order valence-corrected chi connectivity index (χ4v) is 4.52. The smallest absolute Gasteiger partial charge is 0.244 e. The minimum absolute atomic E-state index is 0.175. The van der Waals surface area contributed by atoms with Gasteiger partial charge in [-0.15, -0.1) is 0 Å². The predicted molar refractivity (Wildman–Crippen MR) is 137 cm³/mol. The van der Waals surface area contributed by atoms with Crippen molar-refractivity contribution in [3.63, 3.8) is 0 Å². The van der Waals surface area contributed by atoms with Crippen molar-refractivity contribution in [2.45, 2.75) is 47.2 Å². The van der Waals surface area contributed by atoms with Crippen LogP contribution in [0.1, 0.15) is 37.5 Å². The number of anilines is 1. The van der Waals surface area contributed by atoms with Crippen LogP contribution < -0.4 is 9.62 Å². The van der Waals surface area contributed by atoms with E-state index in [4.69, 9.17) is 11.6 Å². The van der Waals surface area contributed by atoms with Crippen LogP contribution >= 0.6 is 11.6 Å². The summed E-state index contributed by atoms with van der Waals surface area (Å²) in [7, 11) is -3.81. The van der Waals surface area contributed by atoms with Crippen molar-refractivity contribution in [2.24, 2.45) is 5.92 Å². The summed E-state index contributed by atoms with van der Waals surface area (Å²) in [5.74, 6) is -0.524. The summed E-state index contributed by atoms with van der Waals surface area (Å²) in [6.45, 7) is 9.51. The molecule has 0 heterocycles. The van der Waals surface area contributed by atoms with Gasteiger partial charge in [0.15, 0.2) is 0 Å². The monoisotopic (exact) mass is 507 g/mol. The molecule has 2 amide bonds. The molecule has 0 spiro atoms. The summed E-state index contributed by atoms with van der Waals surface area (Å²) in [6.07, 6.45) is 1.05. The first kappa shape index (κ1) is 27.7. The maximum absolute atomic E-state index is 13.6. The lowest BCUT2D eigenvalue weighted by molar-refractivity contribution is -0.139. The van der Waals surface area contributed by atoms with Gasteiger partial charge in [-0.1, -0.05) is 55.8 Å². The first-order valence-corrected chi connectivity index (χ1v) is 13.4. The predicted octanol–water partition coefficient (Wildman–Crippen LogP) is 3.91. The number of nitrogens with zero attached hydrogens (tertiary/aromatic N) is 2. The number of hydrogen-bond acceptors (Lipinski definition) is 4. The van der Waals surface area contributed by atoms with Crippen LogP contribution in [-0.4, -0.2) is 50.5 Å². The zero-order valence-electron chi connectivity index (χ0n) is 20.6. The van der Waals surface area contributed by atoms with Crippen LogP contribution in [0.5, 0.6) is 0 Å². The van der Waals surface area contributed by atoms with E-state index in [0.29, 0.717) is 22.8 Å². The second-order valence-electron chi connectivity index (χ2n) is 8.96. The van der Waals surface area contributed by atoms with Gasteiger partial charge in [-0.05, 0) is 55.5 Å². The van der Waals surface area contributed by atoms with Gasteiger partial charge < -0.3 is 10.2 Å². The van der Waals surface area contributed by atoms with Gasteiger partial charge in [0.1, 0.15) is 12.6 Å². The van der Waals surface area contributed by atoms with Crippen LogP contribution in [0.25, 0.3) is 0 Å². The summed E-state index contributed by atoms with van der Waals surface area (Å²) < 4.78 is 26.4. The average Bonchev–Trinajstić information content (AvgIpc) is 2.75. The van der Waals surface area contributed by atoms with Gasteiger partial charge in [-0.25, -0.2) is 8.42 Å². The highest BCUT2D eigenvalue weighted by molar-refractivity contribution is 7.92. The molecule has 0 aromatic heterocycles. The van der Waals surface area contributed by atoms with Crippen LogP contribution in [0.3, 0.4) is 0 Å². The highest BCUT2D eigenvalue weighted by atomic mass is 35.5. The van der Waals surface area contributed by atoms with E-state index in [0.717, 1.165) is 21.7 Å². The Labute approximate surface area is 208 Å². The van der Waals surface area contributed by atoms with E-state index in [2.05, 4.69) is 5.32 Å². The number of carbonyl (C=O) groups is 2. The SMILES string of the molecule is Cc1ccccc1CN(C(=O)CN(c1cc(Cl)ccc1C)S(C)(=O)=O)C(C)C(=O)NCC(C)C. The molecule has 2 aromatic carbocycles. The molecular formula is C25H34ClN3O4S. The lowest BCUT2D eigenvalue weighted by Crippen LogP contribution is -2.51. The van der Waals surface area contributed by atoms with Crippen LogP contribution in [0.2, 0.25) is 5.02 Å². The summed E-state index contributed by atoms with van der Waals surface area (Å²) in [6, 6.07) is 11.7. The van der Waals surface area contributed by atoms with Crippen molar-refractivity contribution < 1.29 is 18.0 Å². The third kappa shape index (κ3) is 7.46. The Bertz CT molecular complexity index is 1130. The third-order valence-electron chi connectivity index (χ3n) is 5.57. The van der Waals surface area contributed by atoms with E-state index in [9.17, 15) is 18.0 Å². The lowest BCUT2D eigenvalue weighted by atomic mass is 10.1. The second-order valence-corrected chi connectivity index (χ2v) is 11.3. The molecule has 34 heavy (non-hydrogen) atoms. The zero-order chi connectivity index (χ0) is 25.6. The Morgan fingerprint density at radius 2 is 1.68 bits per heavy atom. The minimum atomic E-state index is -3.81. The van der Waals surface area contributed by atoms with Crippen LogP contribution in [0.4, 0.5) is 5.69 Å². The second kappa shape index (κ2) is 11.7. The van der Waals surface area contributed by atoms with Gasteiger partial charge in [-0.2, -0.15) is 0 Å².